The number of hydrogen-bond donors (Lipinski definition) is 3. The number of aliphatic hydroxyl groups excluding tert-OH is 3. The number of aliphatic imine (C=N–C) groups is 3. The van der Waals surface area contributed by atoms with Gasteiger partial charge in [0.1, 0.15) is 19.8 Å². The van der Waals surface area contributed by atoms with Gasteiger partial charge in [-0.3, -0.25) is 15.0 Å². The molecule has 63 heavy (non-hydrogen) atoms. The molecule has 0 radical (unpaired) electrons. The first kappa shape index (κ1) is 49.8. The van der Waals surface area contributed by atoms with Gasteiger partial charge >= 0.3 is 17.9 Å². The van der Waals surface area contributed by atoms with E-state index in [0.29, 0.717) is 71.2 Å². The number of carbonyl (C=O) groups is 3. The molecule has 0 bridgehead atoms. The van der Waals surface area contributed by atoms with Crippen molar-refractivity contribution in [3.63, 3.8) is 0 Å². The number of hydrogen-bond acceptors (Lipinski definition) is 12. The Labute approximate surface area is 371 Å². The third-order valence-electron chi connectivity index (χ3n) is 10.9. The first-order valence-electron chi connectivity index (χ1n) is 21.8. The van der Waals surface area contributed by atoms with Crippen molar-refractivity contribution in [3.8, 4) is 0 Å². The van der Waals surface area contributed by atoms with Crippen LogP contribution in [0.25, 0.3) is 0 Å². The molecule has 0 aliphatic carbocycles. The zero-order valence-electron chi connectivity index (χ0n) is 37.5. The predicted molar refractivity (Wildman–Crippen MR) is 247 cm³/mol. The molecule has 0 fully saturated rings. The second-order valence-corrected chi connectivity index (χ2v) is 16.0. The molecule has 0 saturated carbocycles. The van der Waals surface area contributed by atoms with E-state index in [0.717, 1.165) is 36.0 Å². The molecule has 336 valence electrons. The Morgan fingerprint density at radius 2 is 0.667 bits per heavy atom. The Morgan fingerprint density at radius 1 is 0.429 bits per heavy atom. The zero-order chi connectivity index (χ0) is 45.7. The van der Waals surface area contributed by atoms with Gasteiger partial charge in [-0.05, 0) is 69.3 Å². The van der Waals surface area contributed by atoms with E-state index in [2.05, 4.69) is 56.5 Å². The Kier molecular flexibility index (Phi) is 20.5. The van der Waals surface area contributed by atoms with Gasteiger partial charge in [0, 0.05) is 19.6 Å². The van der Waals surface area contributed by atoms with Crippen molar-refractivity contribution in [2.45, 2.75) is 80.6 Å². The van der Waals surface area contributed by atoms with E-state index in [1.54, 1.807) is 72.8 Å². The van der Waals surface area contributed by atoms with Crippen LogP contribution in [0.3, 0.4) is 0 Å². The lowest BCUT2D eigenvalue weighted by molar-refractivity contribution is 0.0468. The average Bonchev–Trinajstić information content (AvgIpc) is 3.32. The standard InChI is InChI=1S/C51H63N3O9/c1-7-34(4)25-52-46(28-55)40-16-10-37(11-17-40)31-61-49(58)43-22-44(50(59)62-32-38-12-18-41(19-13-38)47(29-56)53-26-35(5)8-2)24-45(23-43)51(60)63-33-39-14-20-42(21-15-39)48(30-57)54-27-36(6)9-3/h10-24,34-36,55-57H,7-9,25-33H2,1-6H3/t34-,35-,36-/m0/s1. The van der Waals surface area contributed by atoms with Crippen molar-refractivity contribution in [1.29, 1.82) is 0 Å². The summed E-state index contributed by atoms with van der Waals surface area (Å²) in [4.78, 5) is 54.2. The molecule has 0 spiro atoms. The largest absolute Gasteiger partial charge is 0.457 e. The number of carbonyl (C=O) groups excluding carboxylic acids is 3. The van der Waals surface area contributed by atoms with E-state index in [1.165, 1.54) is 18.2 Å². The van der Waals surface area contributed by atoms with E-state index >= 15 is 0 Å². The number of ether oxygens (including phenoxy) is 3. The number of rotatable bonds is 24. The lowest BCUT2D eigenvalue weighted by Crippen LogP contribution is -2.14. The summed E-state index contributed by atoms with van der Waals surface area (Å²) in [5.41, 5.74) is 5.90. The van der Waals surface area contributed by atoms with Gasteiger partial charge in [0.25, 0.3) is 0 Å². The highest BCUT2D eigenvalue weighted by molar-refractivity contribution is 6.03. The number of esters is 3. The van der Waals surface area contributed by atoms with E-state index < -0.39 is 17.9 Å². The molecule has 4 aromatic carbocycles. The minimum atomic E-state index is -0.774. The topological polar surface area (TPSA) is 177 Å². The van der Waals surface area contributed by atoms with Crippen molar-refractivity contribution in [2.24, 2.45) is 32.7 Å². The van der Waals surface area contributed by atoms with Gasteiger partial charge < -0.3 is 29.5 Å². The first-order chi connectivity index (χ1) is 30.4. The molecular formula is C51H63N3O9. The van der Waals surface area contributed by atoms with Crippen LogP contribution in [0.4, 0.5) is 0 Å². The smallest absolute Gasteiger partial charge is 0.338 e. The Balaban J connectivity index is 1.51. The molecule has 0 heterocycles. The Bertz CT molecular complexity index is 1920. The quantitative estimate of drug-likeness (QED) is 0.0356. The highest BCUT2D eigenvalue weighted by Crippen LogP contribution is 2.19. The normalized spacial score (nSPS) is 13.6. The summed E-state index contributed by atoms with van der Waals surface area (Å²) < 4.78 is 16.9. The second-order valence-electron chi connectivity index (χ2n) is 16.0. The summed E-state index contributed by atoms with van der Waals surface area (Å²) in [5.74, 6) is -1.15. The Hall–Kier alpha value is -5.82. The SMILES string of the molecule is CC[C@H](C)CN=C(CO)c1ccc(COC(=O)c2cc(C(=O)OCc3ccc(C(CO)=NC[C@@H](C)CC)cc3)cc(C(=O)OCc3ccc(C(CO)=NC[C@@H](C)CC)cc3)c2)cc1. The first-order valence-corrected chi connectivity index (χ1v) is 21.8. The van der Waals surface area contributed by atoms with Gasteiger partial charge in [-0.2, -0.15) is 0 Å². The maximum absolute atomic E-state index is 13.5. The van der Waals surface area contributed by atoms with Gasteiger partial charge in [-0.15, -0.1) is 0 Å². The van der Waals surface area contributed by atoms with Crippen LogP contribution in [0.2, 0.25) is 0 Å². The van der Waals surface area contributed by atoms with Crippen LogP contribution in [-0.2, 0) is 34.0 Å². The van der Waals surface area contributed by atoms with Gasteiger partial charge in [0.05, 0.1) is 53.6 Å². The molecule has 0 unspecified atom stereocenters. The highest BCUT2D eigenvalue weighted by Gasteiger charge is 2.20. The van der Waals surface area contributed by atoms with Crippen molar-refractivity contribution in [3.05, 3.63) is 141 Å². The molecule has 0 aliphatic rings. The molecule has 0 aromatic heterocycles. The van der Waals surface area contributed by atoms with Crippen LogP contribution >= 0.6 is 0 Å². The zero-order valence-corrected chi connectivity index (χ0v) is 37.5. The van der Waals surface area contributed by atoms with Crippen LogP contribution in [-0.4, -0.2) is 89.8 Å². The van der Waals surface area contributed by atoms with Gasteiger partial charge in [-0.1, -0.05) is 134 Å². The fourth-order valence-corrected chi connectivity index (χ4v) is 5.94. The lowest BCUT2D eigenvalue weighted by Gasteiger charge is -2.12. The molecule has 3 N–H and O–H groups in total. The lowest BCUT2D eigenvalue weighted by atomic mass is 10.0. The van der Waals surface area contributed by atoms with Crippen molar-refractivity contribution < 1.29 is 43.9 Å². The second kappa shape index (κ2) is 26.0. The molecule has 0 aliphatic heterocycles. The van der Waals surface area contributed by atoms with Crippen LogP contribution in [0, 0.1) is 17.8 Å². The van der Waals surface area contributed by atoms with E-state index in [-0.39, 0.29) is 56.3 Å². The molecule has 12 heteroatoms. The summed E-state index contributed by atoms with van der Waals surface area (Å²) >= 11 is 0. The third kappa shape index (κ3) is 15.8. The molecule has 12 nitrogen and oxygen atoms in total. The van der Waals surface area contributed by atoms with Gasteiger partial charge in [0.15, 0.2) is 0 Å². The monoisotopic (exact) mass is 861 g/mol. The maximum Gasteiger partial charge on any atom is 0.338 e. The third-order valence-corrected chi connectivity index (χ3v) is 10.9. The van der Waals surface area contributed by atoms with Crippen LogP contribution < -0.4 is 0 Å². The average molecular weight is 862 g/mol. The summed E-state index contributed by atoms with van der Waals surface area (Å²) in [6, 6.07) is 25.5. The number of nitrogens with zero attached hydrogens (tertiary/aromatic N) is 3. The summed E-state index contributed by atoms with van der Waals surface area (Å²) in [7, 11) is 0. The Morgan fingerprint density at radius 3 is 0.873 bits per heavy atom. The highest BCUT2D eigenvalue weighted by atomic mass is 16.5. The van der Waals surface area contributed by atoms with E-state index in [4.69, 9.17) is 14.2 Å². The molecule has 4 rings (SSSR count). The molecule has 0 saturated heterocycles. The fraction of sp³-hybridized carbons (Fsp3) is 0.412. The summed E-state index contributed by atoms with van der Waals surface area (Å²) in [5, 5.41) is 29.7. The molecule has 0 amide bonds. The maximum atomic E-state index is 13.5. The van der Waals surface area contributed by atoms with E-state index in [1.807, 2.05) is 0 Å². The van der Waals surface area contributed by atoms with E-state index in [9.17, 15) is 29.7 Å². The summed E-state index contributed by atoms with van der Waals surface area (Å²) in [6.07, 6.45) is 2.94. The predicted octanol–water partition coefficient (Wildman–Crippen LogP) is 8.24. The number of benzene rings is 4. The molecular weight excluding hydrogens is 799 g/mol. The van der Waals surface area contributed by atoms with Crippen LogP contribution in [0.15, 0.2) is 106 Å². The fourth-order valence-electron chi connectivity index (χ4n) is 5.94. The van der Waals surface area contributed by atoms with Crippen molar-refractivity contribution >= 4 is 35.0 Å². The minimum absolute atomic E-state index is 0.0529. The molecule has 4 aromatic rings. The van der Waals surface area contributed by atoms with Gasteiger partial charge in [0.2, 0.25) is 0 Å². The summed E-state index contributed by atoms with van der Waals surface area (Å²) in [6.45, 7) is 13.5. The minimum Gasteiger partial charge on any atom is -0.457 e. The van der Waals surface area contributed by atoms with Crippen molar-refractivity contribution in [1.82, 2.24) is 0 Å². The van der Waals surface area contributed by atoms with Crippen LogP contribution in [0.1, 0.15) is 125 Å². The van der Waals surface area contributed by atoms with Crippen LogP contribution in [0.5, 0.6) is 0 Å². The molecule has 3 atom stereocenters. The van der Waals surface area contributed by atoms with Crippen molar-refractivity contribution in [2.75, 3.05) is 39.5 Å². The number of aliphatic hydroxyl groups is 3. The van der Waals surface area contributed by atoms with Gasteiger partial charge in [-0.25, -0.2) is 14.4 Å².